The van der Waals surface area contributed by atoms with E-state index in [0.29, 0.717) is 22.5 Å². The molecular weight excluding hydrogens is 216 g/mol. The molecule has 0 aliphatic heterocycles. The van der Waals surface area contributed by atoms with E-state index >= 15 is 0 Å². The van der Waals surface area contributed by atoms with Crippen LogP contribution in [0.25, 0.3) is 0 Å². The smallest absolute Gasteiger partial charge is 0.268 e. The standard InChI is InChI=1S/C12H12N4O/c1-7(2)16-17-12-11(6-14)10(5-13)8(3)9(4)15-12/h1-4H3. The van der Waals surface area contributed by atoms with Crippen molar-refractivity contribution in [3.05, 3.63) is 22.4 Å². The summed E-state index contributed by atoms with van der Waals surface area (Å²) in [6.45, 7) is 7.03. The molecule has 0 aromatic carbocycles. The Bertz CT molecular complexity index is 557. The first-order chi connectivity index (χ1) is 8.01. The summed E-state index contributed by atoms with van der Waals surface area (Å²) in [5.74, 6) is 0.0772. The van der Waals surface area contributed by atoms with E-state index in [9.17, 15) is 0 Å². The lowest BCUT2D eigenvalue weighted by molar-refractivity contribution is 0.325. The molecule has 86 valence electrons. The molecule has 0 unspecified atom stereocenters. The normalized spacial score (nSPS) is 9.06. The van der Waals surface area contributed by atoms with Crippen LogP contribution >= 0.6 is 0 Å². The van der Waals surface area contributed by atoms with Crippen LogP contribution in [0.3, 0.4) is 0 Å². The molecule has 5 nitrogen and oxygen atoms in total. The van der Waals surface area contributed by atoms with Crippen LogP contribution in [0.2, 0.25) is 0 Å². The number of pyridine rings is 1. The van der Waals surface area contributed by atoms with Crippen LogP contribution < -0.4 is 4.84 Å². The first-order valence-corrected chi connectivity index (χ1v) is 5.00. The van der Waals surface area contributed by atoms with Crippen molar-refractivity contribution in [3.63, 3.8) is 0 Å². The van der Waals surface area contributed by atoms with E-state index in [2.05, 4.69) is 10.1 Å². The molecule has 0 N–H and O–H groups in total. The summed E-state index contributed by atoms with van der Waals surface area (Å²) in [7, 11) is 0. The average Bonchev–Trinajstić information content (AvgIpc) is 2.29. The molecule has 0 spiro atoms. The van der Waals surface area contributed by atoms with Gasteiger partial charge in [0.15, 0.2) is 0 Å². The van der Waals surface area contributed by atoms with Crippen molar-refractivity contribution in [1.82, 2.24) is 4.98 Å². The van der Waals surface area contributed by atoms with Crippen LogP contribution in [-0.2, 0) is 0 Å². The predicted molar refractivity (Wildman–Crippen MR) is 62.6 cm³/mol. The van der Waals surface area contributed by atoms with Gasteiger partial charge in [-0.1, -0.05) is 5.16 Å². The summed E-state index contributed by atoms with van der Waals surface area (Å²) < 4.78 is 0. The maximum absolute atomic E-state index is 9.04. The number of aryl methyl sites for hydroxylation is 1. The first kappa shape index (κ1) is 12.7. The summed E-state index contributed by atoms with van der Waals surface area (Å²) in [5, 5.41) is 21.8. The molecular formula is C12H12N4O. The lowest BCUT2D eigenvalue weighted by atomic mass is 10.0. The second-order valence-electron chi connectivity index (χ2n) is 3.73. The van der Waals surface area contributed by atoms with E-state index in [-0.39, 0.29) is 11.4 Å². The third kappa shape index (κ3) is 2.59. The number of rotatable bonds is 2. The number of hydrogen-bond acceptors (Lipinski definition) is 5. The van der Waals surface area contributed by atoms with E-state index in [1.165, 1.54) is 0 Å². The van der Waals surface area contributed by atoms with E-state index in [4.69, 9.17) is 15.4 Å². The van der Waals surface area contributed by atoms with Crippen LogP contribution in [0.4, 0.5) is 0 Å². The van der Waals surface area contributed by atoms with Crippen LogP contribution in [-0.4, -0.2) is 10.7 Å². The zero-order chi connectivity index (χ0) is 13.0. The molecule has 0 radical (unpaired) electrons. The quantitative estimate of drug-likeness (QED) is 0.574. The second kappa shape index (κ2) is 5.09. The molecule has 0 saturated heterocycles. The van der Waals surface area contributed by atoms with Gasteiger partial charge in [0.05, 0.1) is 11.3 Å². The number of hydrogen-bond donors (Lipinski definition) is 0. The Morgan fingerprint density at radius 1 is 1.18 bits per heavy atom. The Balaban J connectivity index is 3.43. The fourth-order valence-electron chi connectivity index (χ4n) is 1.21. The van der Waals surface area contributed by atoms with Crippen LogP contribution in [0, 0.1) is 36.5 Å². The number of nitriles is 2. The minimum Gasteiger partial charge on any atom is -0.335 e. The molecule has 0 aliphatic carbocycles. The summed E-state index contributed by atoms with van der Waals surface area (Å²) in [6.07, 6.45) is 0. The van der Waals surface area contributed by atoms with Gasteiger partial charge in [0, 0.05) is 5.69 Å². The highest BCUT2D eigenvalue weighted by molar-refractivity contribution is 5.78. The molecule has 1 aromatic rings. The van der Waals surface area contributed by atoms with E-state index in [0.717, 1.165) is 0 Å². The van der Waals surface area contributed by atoms with Crippen molar-refractivity contribution >= 4 is 5.71 Å². The molecule has 1 aromatic heterocycles. The number of nitrogens with zero attached hydrogens (tertiary/aromatic N) is 4. The monoisotopic (exact) mass is 228 g/mol. The van der Waals surface area contributed by atoms with Crippen molar-refractivity contribution in [2.45, 2.75) is 27.7 Å². The first-order valence-electron chi connectivity index (χ1n) is 5.00. The molecule has 0 atom stereocenters. The van der Waals surface area contributed by atoms with Gasteiger partial charge < -0.3 is 4.84 Å². The Morgan fingerprint density at radius 2 is 1.76 bits per heavy atom. The molecule has 1 rings (SSSR count). The minimum absolute atomic E-state index is 0.0772. The summed E-state index contributed by atoms with van der Waals surface area (Å²) in [6, 6.07) is 3.92. The highest BCUT2D eigenvalue weighted by Crippen LogP contribution is 2.24. The molecule has 5 heteroatoms. The number of oxime groups is 1. The Hall–Kier alpha value is -2.40. The van der Waals surface area contributed by atoms with Gasteiger partial charge in [0.2, 0.25) is 0 Å². The summed E-state index contributed by atoms with van der Waals surface area (Å²) >= 11 is 0. The number of aromatic nitrogens is 1. The Kier molecular flexibility index (Phi) is 3.79. The maximum atomic E-state index is 9.04. The van der Waals surface area contributed by atoms with Crippen molar-refractivity contribution in [1.29, 1.82) is 10.5 Å². The lowest BCUT2D eigenvalue weighted by Crippen LogP contribution is -2.02. The molecule has 0 saturated carbocycles. The van der Waals surface area contributed by atoms with Crippen molar-refractivity contribution in [2.24, 2.45) is 5.16 Å². The molecule has 17 heavy (non-hydrogen) atoms. The largest absolute Gasteiger partial charge is 0.335 e. The zero-order valence-corrected chi connectivity index (χ0v) is 10.2. The second-order valence-corrected chi connectivity index (χ2v) is 3.73. The fraction of sp³-hybridized carbons (Fsp3) is 0.333. The topological polar surface area (TPSA) is 82.1 Å². The third-order valence-corrected chi connectivity index (χ3v) is 2.19. The third-order valence-electron chi connectivity index (χ3n) is 2.19. The van der Waals surface area contributed by atoms with E-state index in [1.54, 1.807) is 27.7 Å². The van der Waals surface area contributed by atoms with Gasteiger partial charge in [-0.3, -0.25) is 0 Å². The van der Waals surface area contributed by atoms with Crippen molar-refractivity contribution in [3.8, 4) is 18.0 Å². The average molecular weight is 228 g/mol. The van der Waals surface area contributed by atoms with Gasteiger partial charge >= 0.3 is 0 Å². The molecule has 0 amide bonds. The lowest BCUT2D eigenvalue weighted by Gasteiger charge is -2.07. The maximum Gasteiger partial charge on any atom is 0.268 e. The van der Waals surface area contributed by atoms with Crippen molar-refractivity contribution < 1.29 is 4.84 Å². The van der Waals surface area contributed by atoms with E-state index < -0.39 is 0 Å². The van der Waals surface area contributed by atoms with Crippen molar-refractivity contribution in [2.75, 3.05) is 0 Å². The van der Waals surface area contributed by atoms with Gasteiger partial charge in [-0.15, -0.1) is 0 Å². The Labute approximate surface area is 100.0 Å². The van der Waals surface area contributed by atoms with Crippen LogP contribution in [0.5, 0.6) is 5.88 Å². The molecule has 1 heterocycles. The van der Waals surface area contributed by atoms with Crippen LogP contribution in [0.1, 0.15) is 36.2 Å². The van der Waals surface area contributed by atoms with E-state index in [1.807, 2.05) is 12.1 Å². The zero-order valence-electron chi connectivity index (χ0n) is 10.2. The Morgan fingerprint density at radius 3 is 2.24 bits per heavy atom. The summed E-state index contributed by atoms with van der Waals surface area (Å²) in [5.41, 5.74) is 2.46. The molecule has 0 bridgehead atoms. The van der Waals surface area contributed by atoms with Crippen LogP contribution in [0.15, 0.2) is 5.16 Å². The van der Waals surface area contributed by atoms with Gasteiger partial charge in [-0.2, -0.15) is 10.5 Å². The summed E-state index contributed by atoms with van der Waals surface area (Å²) in [4.78, 5) is 9.19. The fourth-order valence-corrected chi connectivity index (χ4v) is 1.21. The molecule has 0 aliphatic rings. The predicted octanol–water partition coefficient (Wildman–Crippen LogP) is 2.22. The van der Waals surface area contributed by atoms with Gasteiger partial charge in [-0.05, 0) is 33.3 Å². The SMILES string of the molecule is CC(C)=NOc1nc(C)c(C)c(C#N)c1C#N. The van der Waals surface area contributed by atoms with Gasteiger partial charge in [0.1, 0.15) is 17.7 Å². The minimum atomic E-state index is 0.0772. The highest BCUT2D eigenvalue weighted by atomic mass is 16.6. The molecule has 0 fully saturated rings. The van der Waals surface area contributed by atoms with Gasteiger partial charge in [-0.25, -0.2) is 4.98 Å². The van der Waals surface area contributed by atoms with Gasteiger partial charge in [0.25, 0.3) is 5.88 Å². The highest BCUT2D eigenvalue weighted by Gasteiger charge is 2.16.